The van der Waals surface area contributed by atoms with Crippen molar-refractivity contribution < 1.29 is 33.8 Å². The average Bonchev–Trinajstić information content (AvgIpc) is 2.79. The molecule has 0 aliphatic heterocycles. The van der Waals surface area contributed by atoms with Gasteiger partial charge in [-0.3, -0.25) is 24.6 Å². The standard InChI is InChI=1S/C23H32N4O7/c1-4-5-13-24-18(28)11-12-19(29)27(14-20(30)31)26-22(32)21(16(2)3)25-23(33)34-15-17-9-7-6-8-10-17/h6-12,16,21H,4-5,13-15H2,1-3H3,(H,24,28)(H,25,33)(H,26,32)(H,30,31)/b12-11+/t21-/m0/s1. The molecule has 4 amide bonds. The third-order valence-corrected chi connectivity index (χ3v) is 4.45. The van der Waals surface area contributed by atoms with Crippen molar-refractivity contribution in [3.8, 4) is 0 Å². The zero-order valence-electron chi connectivity index (χ0n) is 19.6. The molecule has 1 aromatic rings. The van der Waals surface area contributed by atoms with Crippen LogP contribution >= 0.6 is 0 Å². The number of benzene rings is 1. The largest absolute Gasteiger partial charge is 0.480 e. The molecule has 1 rings (SSSR count). The van der Waals surface area contributed by atoms with Crippen LogP contribution in [0, 0.1) is 5.92 Å². The monoisotopic (exact) mass is 476 g/mol. The number of carbonyl (C=O) groups is 5. The molecule has 0 heterocycles. The molecule has 34 heavy (non-hydrogen) atoms. The van der Waals surface area contributed by atoms with Crippen LogP contribution in [-0.4, -0.2) is 59.0 Å². The van der Waals surface area contributed by atoms with Crippen LogP contribution in [0.25, 0.3) is 0 Å². The van der Waals surface area contributed by atoms with E-state index in [4.69, 9.17) is 9.84 Å². The zero-order valence-corrected chi connectivity index (χ0v) is 19.6. The summed E-state index contributed by atoms with van der Waals surface area (Å²) < 4.78 is 5.12. The molecule has 186 valence electrons. The number of aliphatic carboxylic acids is 1. The molecule has 0 saturated heterocycles. The molecule has 0 fully saturated rings. The van der Waals surface area contributed by atoms with E-state index >= 15 is 0 Å². The highest BCUT2D eigenvalue weighted by Gasteiger charge is 2.28. The summed E-state index contributed by atoms with van der Waals surface area (Å²) in [5.74, 6) is -4.05. The van der Waals surface area contributed by atoms with E-state index in [1.54, 1.807) is 38.1 Å². The minimum Gasteiger partial charge on any atom is -0.480 e. The lowest BCUT2D eigenvalue weighted by molar-refractivity contribution is -0.148. The lowest BCUT2D eigenvalue weighted by atomic mass is 10.0. The summed E-state index contributed by atoms with van der Waals surface area (Å²) in [5.41, 5.74) is 2.95. The maximum atomic E-state index is 12.7. The summed E-state index contributed by atoms with van der Waals surface area (Å²) in [5, 5.41) is 14.6. The van der Waals surface area contributed by atoms with Crippen molar-refractivity contribution in [3.05, 3.63) is 48.0 Å². The van der Waals surface area contributed by atoms with E-state index in [2.05, 4.69) is 16.1 Å². The molecule has 0 aliphatic rings. The number of hydrazine groups is 1. The topological polar surface area (TPSA) is 154 Å². The van der Waals surface area contributed by atoms with Gasteiger partial charge in [-0.2, -0.15) is 0 Å². The third kappa shape index (κ3) is 11.1. The summed E-state index contributed by atoms with van der Waals surface area (Å²) in [6, 6.07) is 7.82. The number of ether oxygens (including phenoxy) is 1. The van der Waals surface area contributed by atoms with Gasteiger partial charge in [-0.1, -0.05) is 57.5 Å². The predicted octanol–water partition coefficient (Wildman–Crippen LogP) is 1.35. The first kappa shape index (κ1) is 28.1. The second-order valence-corrected chi connectivity index (χ2v) is 7.70. The van der Waals surface area contributed by atoms with Crippen LogP contribution in [0.15, 0.2) is 42.5 Å². The highest BCUT2D eigenvalue weighted by atomic mass is 16.5. The first-order valence-electron chi connectivity index (χ1n) is 10.9. The van der Waals surface area contributed by atoms with Gasteiger partial charge >= 0.3 is 12.1 Å². The molecular formula is C23H32N4O7. The Labute approximate surface area is 198 Å². The van der Waals surface area contributed by atoms with Crippen molar-refractivity contribution >= 4 is 29.8 Å². The van der Waals surface area contributed by atoms with Crippen LogP contribution in [0.5, 0.6) is 0 Å². The summed E-state index contributed by atoms with van der Waals surface area (Å²) in [4.78, 5) is 60.2. The lowest BCUT2D eigenvalue weighted by Gasteiger charge is -2.26. The van der Waals surface area contributed by atoms with Gasteiger partial charge < -0.3 is 20.5 Å². The minimum atomic E-state index is -1.38. The second-order valence-electron chi connectivity index (χ2n) is 7.70. The minimum absolute atomic E-state index is 0.00610. The number of hydrogen-bond acceptors (Lipinski definition) is 6. The fourth-order valence-electron chi connectivity index (χ4n) is 2.62. The molecule has 0 aliphatic carbocycles. The number of unbranched alkanes of at least 4 members (excludes halogenated alkanes) is 1. The number of nitrogens with one attached hydrogen (secondary N) is 3. The number of carboxylic acids is 1. The Kier molecular flexibility index (Phi) is 12.4. The second kappa shape index (κ2) is 15.0. The zero-order chi connectivity index (χ0) is 25.5. The van der Waals surface area contributed by atoms with Gasteiger partial charge in [-0.05, 0) is 17.9 Å². The van der Waals surface area contributed by atoms with Crippen LogP contribution in [0.3, 0.4) is 0 Å². The molecule has 4 N–H and O–H groups in total. The molecule has 0 aromatic heterocycles. The quantitative estimate of drug-likeness (QED) is 0.202. The van der Waals surface area contributed by atoms with Crippen molar-refractivity contribution in [1.82, 2.24) is 21.1 Å². The van der Waals surface area contributed by atoms with E-state index in [1.807, 2.05) is 13.0 Å². The first-order chi connectivity index (χ1) is 16.1. The SMILES string of the molecule is CCCCNC(=O)/C=C/C(=O)N(CC(=O)O)NC(=O)[C@@H](NC(=O)OCc1ccccc1)C(C)C. The van der Waals surface area contributed by atoms with Gasteiger partial charge in [0.1, 0.15) is 19.2 Å². The Bertz CT molecular complexity index is 871. The van der Waals surface area contributed by atoms with Gasteiger partial charge in [-0.25, -0.2) is 9.80 Å². The predicted molar refractivity (Wildman–Crippen MR) is 123 cm³/mol. The Balaban J connectivity index is 2.76. The summed E-state index contributed by atoms with van der Waals surface area (Å²) in [7, 11) is 0. The van der Waals surface area contributed by atoms with Crippen LogP contribution in [0.2, 0.25) is 0 Å². The van der Waals surface area contributed by atoms with E-state index in [9.17, 15) is 24.0 Å². The molecule has 0 radical (unpaired) electrons. The Morgan fingerprint density at radius 2 is 1.76 bits per heavy atom. The van der Waals surface area contributed by atoms with E-state index in [0.717, 1.165) is 30.6 Å². The lowest BCUT2D eigenvalue weighted by Crippen LogP contribution is -2.56. The van der Waals surface area contributed by atoms with E-state index in [-0.39, 0.29) is 6.61 Å². The highest BCUT2D eigenvalue weighted by Crippen LogP contribution is 2.05. The van der Waals surface area contributed by atoms with E-state index in [1.165, 1.54) is 0 Å². The molecule has 11 heteroatoms. The number of hydrogen-bond donors (Lipinski definition) is 4. The van der Waals surface area contributed by atoms with Crippen molar-refractivity contribution in [2.75, 3.05) is 13.1 Å². The molecule has 0 saturated carbocycles. The molecule has 0 bridgehead atoms. The van der Waals surface area contributed by atoms with E-state index in [0.29, 0.717) is 11.6 Å². The molecule has 1 atom stereocenters. The number of nitrogens with zero attached hydrogens (tertiary/aromatic N) is 1. The first-order valence-corrected chi connectivity index (χ1v) is 10.9. The number of amides is 4. The fraction of sp³-hybridized carbons (Fsp3) is 0.435. The maximum absolute atomic E-state index is 12.7. The Morgan fingerprint density at radius 3 is 2.35 bits per heavy atom. The summed E-state index contributed by atoms with van der Waals surface area (Å²) >= 11 is 0. The van der Waals surface area contributed by atoms with Gasteiger partial charge in [0.25, 0.3) is 11.8 Å². The molecule has 0 unspecified atom stereocenters. The number of carbonyl (C=O) groups excluding carboxylic acids is 4. The molecule has 11 nitrogen and oxygen atoms in total. The van der Waals surface area contributed by atoms with Gasteiger partial charge in [0.05, 0.1) is 0 Å². The number of rotatable bonds is 12. The highest BCUT2D eigenvalue weighted by molar-refractivity contribution is 5.98. The molecule has 0 spiro atoms. The average molecular weight is 477 g/mol. The fourth-order valence-corrected chi connectivity index (χ4v) is 2.62. The molecular weight excluding hydrogens is 444 g/mol. The molecule has 1 aromatic carbocycles. The van der Waals surface area contributed by atoms with Crippen LogP contribution in [0.4, 0.5) is 4.79 Å². The summed E-state index contributed by atoms with van der Waals surface area (Å²) in [6.45, 7) is 4.85. The van der Waals surface area contributed by atoms with Crippen molar-refractivity contribution in [2.45, 2.75) is 46.3 Å². The maximum Gasteiger partial charge on any atom is 0.408 e. The van der Waals surface area contributed by atoms with Crippen LogP contribution < -0.4 is 16.1 Å². The van der Waals surface area contributed by atoms with Gasteiger partial charge in [0.2, 0.25) is 5.91 Å². The van der Waals surface area contributed by atoms with Crippen molar-refractivity contribution in [2.24, 2.45) is 5.92 Å². The Morgan fingerprint density at radius 1 is 1.09 bits per heavy atom. The third-order valence-electron chi connectivity index (χ3n) is 4.45. The van der Waals surface area contributed by atoms with Crippen molar-refractivity contribution in [1.29, 1.82) is 0 Å². The smallest absolute Gasteiger partial charge is 0.408 e. The van der Waals surface area contributed by atoms with E-state index < -0.39 is 48.3 Å². The van der Waals surface area contributed by atoms with Gasteiger partial charge in [-0.15, -0.1) is 0 Å². The van der Waals surface area contributed by atoms with Gasteiger partial charge in [0.15, 0.2) is 0 Å². The summed E-state index contributed by atoms with van der Waals surface area (Å²) in [6.07, 6.45) is 2.62. The van der Waals surface area contributed by atoms with Crippen LogP contribution in [-0.2, 0) is 30.5 Å². The van der Waals surface area contributed by atoms with Crippen molar-refractivity contribution in [3.63, 3.8) is 0 Å². The normalized spacial score (nSPS) is 11.5. The number of carboxylic acid groups (broad SMARTS) is 1. The van der Waals surface area contributed by atoms with Crippen LogP contribution in [0.1, 0.15) is 39.2 Å². The Hall–Kier alpha value is -3.89. The van der Waals surface area contributed by atoms with Gasteiger partial charge in [0, 0.05) is 18.7 Å². The number of alkyl carbamates (subject to hydrolysis) is 1.